The maximum atomic E-state index is 11.7. The Kier molecular flexibility index (Phi) is 5.01. The summed E-state index contributed by atoms with van der Waals surface area (Å²) < 4.78 is 4.86. The van der Waals surface area contributed by atoms with Crippen LogP contribution in [0.15, 0.2) is 30.3 Å². The fourth-order valence-electron chi connectivity index (χ4n) is 2.96. The molecule has 0 unspecified atom stereocenters. The monoisotopic (exact) mass is 290 g/mol. The first-order valence-corrected chi connectivity index (χ1v) is 7.55. The fraction of sp³-hybridized carbons (Fsp3) is 0.588. The lowest BCUT2D eigenvalue weighted by molar-refractivity contribution is -0.151. The molecule has 1 saturated heterocycles. The molecular formula is C17H26N2O2. The Bertz CT molecular complexity index is 473. The van der Waals surface area contributed by atoms with Crippen LogP contribution in [0.25, 0.3) is 0 Å². The summed E-state index contributed by atoms with van der Waals surface area (Å²) in [6.07, 6.45) is 0.786. The molecule has 1 aliphatic heterocycles. The van der Waals surface area contributed by atoms with Gasteiger partial charge in [-0.15, -0.1) is 0 Å². The molecule has 0 saturated carbocycles. The number of hydrogen-bond acceptors (Lipinski definition) is 4. The third-order valence-corrected chi connectivity index (χ3v) is 4.46. The van der Waals surface area contributed by atoms with Crippen molar-refractivity contribution in [3.8, 4) is 0 Å². The van der Waals surface area contributed by atoms with E-state index in [-0.39, 0.29) is 12.0 Å². The minimum atomic E-state index is -0.441. The van der Waals surface area contributed by atoms with Gasteiger partial charge in [0, 0.05) is 25.0 Å². The molecule has 1 aromatic carbocycles. The Labute approximate surface area is 127 Å². The zero-order valence-corrected chi connectivity index (χ0v) is 13.2. The second-order valence-corrected chi connectivity index (χ2v) is 6.57. The van der Waals surface area contributed by atoms with Crippen LogP contribution in [-0.4, -0.2) is 43.7 Å². The van der Waals surface area contributed by atoms with Gasteiger partial charge < -0.3 is 15.4 Å². The number of rotatable bonds is 5. The Balaban J connectivity index is 1.92. The summed E-state index contributed by atoms with van der Waals surface area (Å²) in [5.41, 5.74) is 7.16. The Morgan fingerprint density at radius 3 is 2.62 bits per heavy atom. The fourth-order valence-corrected chi connectivity index (χ4v) is 2.96. The van der Waals surface area contributed by atoms with Crippen molar-refractivity contribution in [2.45, 2.75) is 32.2 Å². The van der Waals surface area contributed by atoms with E-state index in [0.29, 0.717) is 5.92 Å². The number of carbonyl (C=O) groups excluding carboxylic acids is 1. The van der Waals surface area contributed by atoms with Crippen LogP contribution >= 0.6 is 0 Å². The van der Waals surface area contributed by atoms with Gasteiger partial charge in [0.25, 0.3) is 0 Å². The summed E-state index contributed by atoms with van der Waals surface area (Å²) in [6, 6.07) is 10.6. The molecule has 1 heterocycles. The molecule has 0 amide bonds. The van der Waals surface area contributed by atoms with Crippen molar-refractivity contribution in [1.29, 1.82) is 0 Å². The van der Waals surface area contributed by atoms with Gasteiger partial charge in [-0.05, 0) is 32.4 Å². The zero-order valence-electron chi connectivity index (χ0n) is 13.2. The van der Waals surface area contributed by atoms with Crippen molar-refractivity contribution in [1.82, 2.24) is 4.90 Å². The highest BCUT2D eigenvalue weighted by molar-refractivity contribution is 5.75. The molecule has 1 aromatic rings. The van der Waals surface area contributed by atoms with Crippen LogP contribution in [0.4, 0.5) is 0 Å². The van der Waals surface area contributed by atoms with Gasteiger partial charge in [0.05, 0.1) is 12.5 Å². The lowest BCUT2D eigenvalue weighted by atomic mass is 9.89. The number of nitrogens with two attached hydrogens (primary N) is 1. The molecule has 0 aliphatic carbocycles. The van der Waals surface area contributed by atoms with Crippen LogP contribution in [0.5, 0.6) is 0 Å². The average Bonchev–Trinajstić information content (AvgIpc) is 2.86. The molecule has 116 valence electrons. The van der Waals surface area contributed by atoms with Crippen molar-refractivity contribution in [2.75, 3.05) is 26.7 Å². The van der Waals surface area contributed by atoms with E-state index in [1.807, 2.05) is 19.9 Å². The van der Waals surface area contributed by atoms with Gasteiger partial charge in [0.1, 0.15) is 0 Å². The second-order valence-electron chi connectivity index (χ2n) is 6.57. The summed E-state index contributed by atoms with van der Waals surface area (Å²) in [5.74, 6) is 0.234. The van der Waals surface area contributed by atoms with Gasteiger partial charge >= 0.3 is 5.97 Å². The third-order valence-electron chi connectivity index (χ3n) is 4.46. The lowest BCUT2D eigenvalue weighted by Crippen LogP contribution is -2.33. The van der Waals surface area contributed by atoms with Gasteiger partial charge in [-0.25, -0.2) is 0 Å². The largest absolute Gasteiger partial charge is 0.469 e. The minimum absolute atomic E-state index is 0.148. The Morgan fingerprint density at radius 2 is 2.00 bits per heavy atom. The molecule has 0 aromatic heterocycles. The molecule has 2 atom stereocenters. The first-order valence-electron chi connectivity index (χ1n) is 7.55. The highest BCUT2D eigenvalue weighted by atomic mass is 16.5. The van der Waals surface area contributed by atoms with Gasteiger partial charge in [0.2, 0.25) is 0 Å². The topological polar surface area (TPSA) is 55.6 Å². The summed E-state index contributed by atoms with van der Waals surface area (Å²) in [5, 5.41) is 0. The minimum Gasteiger partial charge on any atom is -0.469 e. The Hall–Kier alpha value is -1.39. The maximum Gasteiger partial charge on any atom is 0.311 e. The van der Waals surface area contributed by atoms with Crippen molar-refractivity contribution in [3.05, 3.63) is 35.9 Å². The number of benzene rings is 1. The summed E-state index contributed by atoms with van der Waals surface area (Å²) in [7, 11) is 1.45. The molecule has 4 nitrogen and oxygen atoms in total. The molecule has 0 radical (unpaired) electrons. The smallest absolute Gasteiger partial charge is 0.311 e. The van der Waals surface area contributed by atoms with Crippen LogP contribution < -0.4 is 5.73 Å². The van der Waals surface area contributed by atoms with Crippen LogP contribution in [0.1, 0.15) is 31.7 Å². The van der Waals surface area contributed by atoms with Gasteiger partial charge in [-0.1, -0.05) is 30.3 Å². The second kappa shape index (κ2) is 6.58. The van der Waals surface area contributed by atoms with Crippen LogP contribution in [0, 0.1) is 5.41 Å². The molecule has 0 spiro atoms. The van der Waals surface area contributed by atoms with Gasteiger partial charge in [-0.2, -0.15) is 0 Å². The zero-order chi connectivity index (χ0) is 15.5. The SMILES string of the molecule is COC(=O)C(C)(C)CCN1C[C@@H](N)[C@H](c2ccccc2)C1. The van der Waals surface area contributed by atoms with Crippen molar-refractivity contribution in [3.63, 3.8) is 0 Å². The van der Waals surface area contributed by atoms with Crippen LogP contribution in [0.2, 0.25) is 0 Å². The van der Waals surface area contributed by atoms with Gasteiger partial charge in [-0.3, -0.25) is 4.79 Å². The van der Waals surface area contributed by atoms with Crippen LogP contribution in [0.3, 0.4) is 0 Å². The lowest BCUT2D eigenvalue weighted by Gasteiger charge is -2.24. The average molecular weight is 290 g/mol. The number of carbonyl (C=O) groups is 1. The number of methoxy groups -OCH3 is 1. The molecule has 4 heteroatoms. The molecule has 2 N–H and O–H groups in total. The quantitative estimate of drug-likeness (QED) is 0.843. The van der Waals surface area contributed by atoms with Gasteiger partial charge in [0.15, 0.2) is 0 Å². The summed E-state index contributed by atoms with van der Waals surface area (Å²) in [6.45, 7) is 6.59. The van der Waals surface area contributed by atoms with E-state index < -0.39 is 5.41 Å². The Morgan fingerprint density at radius 1 is 1.33 bits per heavy atom. The molecule has 2 rings (SSSR count). The first-order chi connectivity index (χ1) is 9.94. The van der Waals surface area contributed by atoms with E-state index in [9.17, 15) is 4.79 Å². The standard InChI is InChI=1S/C17H26N2O2/c1-17(2,16(20)21-3)9-10-19-11-14(15(18)12-19)13-7-5-4-6-8-13/h4-8,14-15H,9-12,18H2,1-3H3/t14-,15+/m0/s1. The van der Waals surface area contributed by atoms with E-state index in [1.165, 1.54) is 12.7 Å². The normalized spacial score (nSPS) is 23.2. The van der Waals surface area contributed by atoms with E-state index in [1.54, 1.807) is 0 Å². The van der Waals surface area contributed by atoms with Crippen LogP contribution in [-0.2, 0) is 9.53 Å². The number of esters is 1. The van der Waals surface area contributed by atoms with Crippen molar-refractivity contribution in [2.24, 2.45) is 11.1 Å². The van der Waals surface area contributed by atoms with Crippen molar-refractivity contribution >= 4 is 5.97 Å². The molecule has 1 aliphatic rings. The first kappa shape index (κ1) is 16.0. The number of likely N-dealkylation sites (tertiary alicyclic amines) is 1. The number of hydrogen-bond donors (Lipinski definition) is 1. The molecule has 0 bridgehead atoms. The number of nitrogens with zero attached hydrogens (tertiary/aromatic N) is 1. The molecule has 1 fully saturated rings. The molecular weight excluding hydrogens is 264 g/mol. The predicted octanol–water partition coefficient (Wildman–Crippen LogP) is 2.00. The van der Waals surface area contributed by atoms with E-state index in [0.717, 1.165) is 26.1 Å². The van der Waals surface area contributed by atoms with Crippen molar-refractivity contribution < 1.29 is 9.53 Å². The van der Waals surface area contributed by atoms with E-state index in [4.69, 9.17) is 10.5 Å². The highest BCUT2D eigenvalue weighted by Gasteiger charge is 2.34. The van der Waals surface area contributed by atoms with E-state index >= 15 is 0 Å². The maximum absolute atomic E-state index is 11.7. The molecule has 21 heavy (non-hydrogen) atoms. The van der Waals surface area contributed by atoms with E-state index in [2.05, 4.69) is 29.2 Å². The summed E-state index contributed by atoms with van der Waals surface area (Å²) in [4.78, 5) is 14.1. The third kappa shape index (κ3) is 3.83. The highest BCUT2D eigenvalue weighted by Crippen LogP contribution is 2.28. The summed E-state index contributed by atoms with van der Waals surface area (Å²) >= 11 is 0. The predicted molar refractivity (Wildman–Crippen MR) is 84.0 cm³/mol. The number of ether oxygens (including phenoxy) is 1.